The number of aromatic nitrogens is 5. The van der Waals surface area contributed by atoms with Crippen LogP contribution in [0.2, 0.25) is 5.15 Å². The molecule has 0 fully saturated rings. The summed E-state index contributed by atoms with van der Waals surface area (Å²) in [4.78, 5) is 4.28. The molecule has 0 radical (unpaired) electrons. The Labute approximate surface area is 145 Å². The quantitative estimate of drug-likeness (QED) is 0.566. The number of hydrogen-bond acceptors (Lipinski definition) is 4. The van der Waals surface area contributed by atoms with Crippen molar-refractivity contribution in [3.8, 4) is 0 Å². The molecule has 0 bridgehead atoms. The van der Waals surface area contributed by atoms with Crippen LogP contribution in [0.15, 0.2) is 36.5 Å². The topological polar surface area (TPSA) is 71.4 Å². The molecule has 25 heavy (non-hydrogen) atoms. The number of H-pyrrole nitrogens is 1. The summed E-state index contributed by atoms with van der Waals surface area (Å²) in [6, 6.07) is 8.89. The van der Waals surface area contributed by atoms with Crippen molar-refractivity contribution in [2.24, 2.45) is 0 Å². The molecule has 4 rings (SSSR count). The zero-order valence-electron chi connectivity index (χ0n) is 13.1. The molecule has 0 saturated carbocycles. The number of benzene rings is 1. The predicted molar refractivity (Wildman–Crippen MR) is 92.5 cm³/mol. The van der Waals surface area contributed by atoms with Gasteiger partial charge in [-0.3, -0.25) is 14.8 Å². The maximum absolute atomic E-state index is 13.3. The fourth-order valence-electron chi connectivity index (χ4n) is 2.68. The van der Waals surface area contributed by atoms with Crippen molar-refractivity contribution in [1.82, 2.24) is 25.0 Å². The normalized spacial score (nSPS) is 12.2. The summed E-state index contributed by atoms with van der Waals surface area (Å²) in [7, 11) is 0. The Balaban J connectivity index is 1.71. The van der Waals surface area contributed by atoms with Gasteiger partial charge in [-0.1, -0.05) is 11.6 Å². The lowest BCUT2D eigenvalue weighted by Crippen LogP contribution is -2.19. The summed E-state index contributed by atoms with van der Waals surface area (Å²) >= 11 is 6.12. The molecule has 0 spiro atoms. The molecule has 4 aromatic rings. The Morgan fingerprint density at radius 3 is 2.96 bits per heavy atom. The van der Waals surface area contributed by atoms with E-state index in [2.05, 4.69) is 25.6 Å². The fourth-order valence-corrected chi connectivity index (χ4v) is 2.92. The zero-order chi connectivity index (χ0) is 17.6. The van der Waals surface area contributed by atoms with Gasteiger partial charge >= 0.3 is 0 Å². The first kappa shape index (κ1) is 15.8. The van der Waals surface area contributed by atoms with Gasteiger partial charge in [0.15, 0.2) is 11.0 Å². The Hall–Kier alpha value is -2.74. The molecule has 0 saturated heterocycles. The molecule has 9 heteroatoms. The van der Waals surface area contributed by atoms with Crippen LogP contribution in [-0.4, -0.2) is 30.9 Å². The van der Waals surface area contributed by atoms with Crippen LogP contribution >= 0.6 is 11.6 Å². The lowest BCUT2D eigenvalue weighted by atomic mass is 10.2. The Bertz CT molecular complexity index is 1070. The summed E-state index contributed by atoms with van der Waals surface area (Å²) in [6.07, 6.45) is 1.68. The smallest absolute Gasteiger partial charge is 0.264 e. The molecule has 0 atom stereocenters. The molecular weight excluding hydrogens is 350 g/mol. The van der Waals surface area contributed by atoms with Crippen LogP contribution in [0, 0.1) is 0 Å². The molecule has 128 valence electrons. The average Bonchev–Trinajstić information content (AvgIpc) is 3.08. The van der Waals surface area contributed by atoms with E-state index in [9.17, 15) is 8.78 Å². The Kier molecular flexibility index (Phi) is 3.57. The van der Waals surface area contributed by atoms with Crippen molar-refractivity contribution in [3.63, 3.8) is 0 Å². The van der Waals surface area contributed by atoms with Gasteiger partial charge in [0, 0.05) is 24.2 Å². The number of alkyl halides is 2. The summed E-state index contributed by atoms with van der Waals surface area (Å²) in [5.41, 5.74) is 2.76. The standard InChI is InChI=1S/C16H13ClF2N6/c1-16(18,19)8-25-12-5-4-9(7-10(12)14(17)24-25)21-15-13-11(22-23-15)3-2-6-20-13/h2-7H,8H2,1H3,(H2,21,22,23). The van der Waals surface area contributed by atoms with E-state index in [0.717, 1.165) is 12.4 Å². The molecule has 6 nitrogen and oxygen atoms in total. The second kappa shape index (κ2) is 5.66. The van der Waals surface area contributed by atoms with Gasteiger partial charge in [0.2, 0.25) is 0 Å². The number of nitrogens with one attached hydrogen (secondary N) is 2. The zero-order valence-corrected chi connectivity index (χ0v) is 13.8. The van der Waals surface area contributed by atoms with Crippen molar-refractivity contribution in [2.75, 3.05) is 5.32 Å². The van der Waals surface area contributed by atoms with Crippen LogP contribution in [0.1, 0.15) is 6.92 Å². The molecule has 0 aliphatic rings. The largest absolute Gasteiger partial charge is 0.337 e. The van der Waals surface area contributed by atoms with E-state index in [-0.39, 0.29) is 5.15 Å². The van der Waals surface area contributed by atoms with Gasteiger partial charge in [0.05, 0.1) is 11.0 Å². The minimum absolute atomic E-state index is 0.174. The minimum atomic E-state index is -2.88. The molecule has 3 aromatic heterocycles. The fraction of sp³-hybridized carbons (Fsp3) is 0.188. The molecule has 2 N–H and O–H groups in total. The van der Waals surface area contributed by atoms with Gasteiger partial charge < -0.3 is 5.32 Å². The van der Waals surface area contributed by atoms with Crippen molar-refractivity contribution < 1.29 is 8.78 Å². The first-order valence-electron chi connectivity index (χ1n) is 7.51. The third-order valence-corrected chi connectivity index (χ3v) is 3.99. The monoisotopic (exact) mass is 362 g/mol. The number of halogens is 3. The first-order chi connectivity index (χ1) is 11.9. The van der Waals surface area contributed by atoms with Crippen LogP contribution in [0.25, 0.3) is 21.9 Å². The summed E-state index contributed by atoms with van der Waals surface area (Å²) in [6.45, 7) is 0.316. The van der Waals surface area contributed by atoms with Gasteiger partial charge in [-0.05, 0) is 30.3 Å². The van der Waals surface area contributed by atoms with Crippen LogP contribution < -0.4 is 5.32 Å². The van der Waals surface area contributed by atoms with Crippen molar-refractivity contribution >= 4 is 45.0 Å². The predicted octanol–water partition coefficient (Wildman–Crippen LogP) is 4.36. The first-order valence-corrected chi connectivity index (χ1v) is 7.88. The number of pyridine rings is 1. The van der Waals surface area contributed by atoms with E-state index in [4.69, 9.17) is 11.6 Å². The maximum atomic E-state index is 13.3. The highest BCUT2D eigenvalue weighted by atomic mass is 35.5. The lowest BCUT2D eigenvalue weighted by molar-refractivity contribution is 0.00184. The van der Waals surface area contributed by atoms with Crippen LogP contribution in [-0.2, 0) is 6.54 Å². The van der Waals surface area contributed by atoms with Gasteiger partial charge in [0.25, 0.3) is 5.92 Å². The highest BCUT2D eigenvalue weighted by molar-refractivity contribution is 6.34. The molecule has 0 amide bonds. The Morgan fingerprint density at radius 2 is 2.16 bits per heavy atom. The molecule has 0 aliphatic heterocycles. The van der Waals surface area contributed by atoms with E-state index >= 15 is 0 Å². The number of rotatable bonds is 4. The van der Waals surface area contributed by atoms with Gasteiger partial charge in [-0.25, -0.2) is 8.78 Å². The number of aromatic amines is 1. The summed E-state index contributed by atoms with van der Waals surface area (Å²) in [5, 5.41) is 15.0. The second-order valence-corrected chi connectivity index (χ2v) is 6.21. The van der Waals surface area contributed by atoms with Crippen molar-refractivity contribution in [1.29, 1.82) is 0 Å². The van der Waals surface area contributed by atoms with E-state index in [1.54, 1.807) is 24.4 Å². The molecule has 3 heterocycles. The second-order valence-electron chi connectivity index (χ2n) is 5.85. The van der Waals surface area contributed by atoms with E-state index < -0.39 is 12.5 Å². The summed E-state index contributed by atoms with van der Waals surface area (Å²) in [5.74, 6) is -2.31. The maximum Gasteiger partial charge on any atom is 0.264 e. The number of nitrogens with zero attached hydrogens (tertiary/aromatic N) is 4. The average molecular weight is 363 g/mol. The van der Waals surface area contributed by atoms with Gasteiger partial charge in [-0.15, -0.1) is 0 Å². The van der Waals surface area contributed by atoms with E-state index in [1.165, 1.54) is 4.68 Å². The van der Waals surface area contributed by atoms with Crippen molar-refractivity contribution in [2.45, 2.75) is 19.4 Å². The lowest BCUT2D eigenvalue weighted by Gasteiger charge is -2.11. The Morgan fingerprint density at radius 1 is 1.32 bits per heavy atom. The minimum Gasteiger partial charge on any atom is -0.337 e. The van der Waals surface area contributed by atoms with E-state index in [0.29, 0.717) is 27.9 Å². The SMILES string of the molecule is CC(F)(F)Cn1nc(Cl)c2cc(Nc3n[nH]c4cccnc34)ccc21. The van der Waals surface area contributed by atoms with Crippen LogP contribution in [0.5, 0.6) is 0 Å². The summed E-state index contributed by atoms with van der Waals surface area (Å²) < 4.78 is 27.8. The molecule has 1 aromatic carbocycles. The third kappa shape index (κ3) is 3.00. The van der Waals surface area contributed by atoms with Gasteiger partial charge in [-0.2, -0.15) is 10.2 Å². The van der Waals surface area contributed by atoms with Crippen molar-refractivity contribution in [3.05, 3.63) is 41.7 Å². The van der Waals surface area contributed by atoms with Crippen LogP contribution in [0.4, 0.5) is 20.3 Å². The molecule has 0 unspecified atom stereocenters. The highest BCUT2D eigenvalue weighted by Gasteiger charge is 2.24. The third-order valence-electron chi connectivity index (χ3n) is 3.72. The highest BCUT2D eigenvalue weighted by Crippen LogP contribution is 2.30. The number of fused-ring (bicyclic) bond motifs is 2. The number of hydrogen-bond donors (Lipinski definition) is 2. The van der Waals surface area contributed by atoms with Crippen LogP contribution in [0.3, 0.4) is 0 Å². The molecular formula is C16H13ClF2N6. The number of anilines is 2. The van der Waals surface area contributed by atoms with Gasteiger partial charge in [0.1, 0.15) is 12.1 Å². The molecule has 0 aliphatic carbocycles. The van der Waals surface area contributed by atoms with E-state index in [1.807, 2.05) is 12.1 Å².